The van der Waals surface area contributed by atoms with Crippen molar-refractivity contribution in [2.45, 2.75) is 6.54 Å². The number of carbonyl (C=O) groups is 3. The first kappa shape index (κ1) is 16.1. The van der Waals surface area contributed by atoms with E-state index in [1.807, 2.05) is 0 Å². The average molecular weight is 342 g/mol. The van der Waals surface area contributed by atoms with Crippen LogP contribution in [0.4, 0.5) is 4.79 Å². The molecule has 0 atom stereocenters. The summed E-state index contributed by atoms with van der Waals surface area (Å²) in [6.07, 6.45) is 0. The first-order valence-electron chi connectivity index (χ1n) is 7.14. The molecule has 0 unspecified atom stereocenters. The van der Waals surface area contributed by atoms with Crippen LogP contribution in [-0.2, 0) is 6.54 Å². The third-order valence-corrected chi connectivity index (χ3v) is 3.96. The van der Waals surface area contributed by atoms with E-state index in [0.717, 1.165) is 15.6 Å². The molecule has 0 aliphatic carbocycles. The van der Waals surface area contributed by atoms with Crippen molar-refractivity contribution in [3.8, 4) is 5.75 Å². The lowest BCUT2D eigenvalue weighted by Gasteiger charge is -2.28. The van der Waals surface area contributed by atoms with Crippen molar-refractivity contribution in [2.24, 2.45) is 0 Å². The fraction of sp³-hybridized carbons (Fsp3) is 0.118. The molecule has 122 valence electrons. The molecule has 7 heteroatoms. The maximum absolute atomic E-state index is 12.5. The molecule has 0 bridgehead atoms. The molecule has 0 aromatic heterocycles. The highest BCUT2D eigenvalue weighted by molar-refractivity contribution is 7.96. The molecule has 0 N–H and O–H groups in total. The quantitative estimate of drug-likeness (QED) is 0.685. The Morgan fingerprint density at radius 1 is 1.04 bits per heavy atom. The third kappa shape index (κ3) is 2.74. The lowest BCUT2D eigenvalue weighted by atomic mass is 10.1. The smallest absolute Gasteiger partial charge is 0.297 e. The molecule has 1 aliphatic rings. The van der Waals surface area contributed by atoms with Gasteiger partial charge in [-0.15, -0.1) is 0 Å². The number of hydrogen-bond donors (Lipinski definition) is 1. The number of thiol groups is 1. The van der Waals surface area contributed by atoms with Crippen LogP contribution in [0.25, 0.3) is 0 Å². The summed E-state index contributed by atoms with van der Waals surface area (Å²) in [5, 5.41) is 1.17. The van der Waals surface area contributed by atoms with E-state index in [-0.39, 0.29) is 17.7 Å². The molecule has 0 saturated heterocycles. The topological polar surface area (TPSA) is 66.9 Å². The third-order valence-electron chi connectivity index (χ3n) is 3.73. The summed E-state index contributed by atoms with van der Waals surface area (Å²) in [7, 11) is 1.55. The minimum Gasteiger partial charge on any atom is -0.497 e. The van der Waals surface area contributed by atoms with Gasteiger partial charge in [0.1, 0.15) is 5.75 Å². The number of fused-ring (bicyclic) bond motifs is 1. The van der Waals surface area contributed by atoms with Gasteiger partial charge in [-0.25, -0.2) is 5.01 Å². The summed E-state index contributed by atoms with van der Waals surface area (Å²) in [5.74, 6) is -0.402. The van der Waals surface area contributed by atoms with E-state index in [2.05, 4.69) is 12.6 Å². The van der Waals surface area contributed by atoms with Gasteiger partial charge in [0.2, 0.25) is 0 Å². The largest absolute Gasteiger partial charge is 0.497 e. The van der Waals surface area contributed by atoms with Gasteiger partial charge in [0.05, 0.1) is 24.8 Å². The highest BCUT2D eigenvalue weighted by Crippen LogP contribution is 2.26. The van der Waals surface area contributed by atoms with Crippen molar-refractivity contribution < 1.29 is 19.1 Å². The van der Waals surface area contributed by atoms with Crippen LogP contribution in [0.15, 0.2) is 48.5 Å². The molecule has 1 heterocycles. The maximum atomic E-state index is 12.5. The van der Waals surface area contributed by atoms with Crippen LogP contribution in [0.1, 0.15) is 26.3 Å². The number of carbonyl (C=O) groups excluding carboxylic acids is 3. The zero-order valence-corrected chi connectivity index (χ0v) is 13.7. The number of hydrogen-bond acceptors (Lipinski definition) is 4. The van der Waals surface area contributed by atoms with Crippen LogP contribution >= 0.6 is 12.6 Å². The van der Waals surface area contributed by atoms with Crippen molar-refractivity contribution >= 4 is 29.7 Å². The summed E-state index contributed by atoms with van der Waals surface area (Å²) < 4.78 is 5.08. The van der Waals surface area contributed by atoms with E-state index in [1.165, 1.54) is 0 Å². The molecule has 3 rings (SSSR count). The summed E-state index contributed by atoms with van der Waals surface area (Å²) in [4.78, 5) is 36.9. The molecule has 0 spiro atoms. The highest BCUT2D eigenvalue weighted by atomic mass is 32.1. The van der Waals surface area contributed by atoms with Gasteiger partial charge >= 0.3 is 0 Å². The Morgan fingerprint density at radius 2 is 1.58 bits per heavy atom. The van der Waals surface area contributed by atoms with Crippen LogP contribution in [0, 0.1) is 0 Å². The Labute approximate surface area is 144 Å². The summed E-state index contributed by atoms with van der Waals surface area (Å²) >= 11 is 3.81. The van der Waals surface area contributed by atoms with E-state index >= 15 is 0 Å². The Bertz CT molecular complexity index is 785. The van der Waals surface area contributed by atoms with Gasteiger partial charge in [0.25, 0.3) is 17.1 Å². The molecule has 0 radical (unpaired) electrons. The number of rotatable bonds is 4. The van der Waals surface area contributed by atoms with Crippen molar-refractivity contribution in [1.29, 1.82) is 0 Å². The van der Waals surface area contributed by atoms with Gasteiger partial charge in [-0.3, -0.25) is 14.4 Å². The number of imide groups is 1. The fourth-order valence-electron chi connectivity index (χ4n) is 2.52. The number of methoxy groups -OCH3 is 1. The van der Waals surface area contributed by atoms with E-state index in [1.54, 1.807) is 55.6 Å². The summed E-state index contributed by atoms with van der Waals surface area (Å²) in [5.41, 5.74) is 1.28. The number of hydrazine groups is 1. The second kappa shape index (κ2) is 6.37. The van der Waals surface area contributed by atoms with E-state index in [9.17, 15) is 14.4 Å². The van der Waals surface area contributed by atoms with Gasteiger partial charge in [0, 0.05) is 0 Å². The molecule has 2 aromatic rings. The molecule has 24 heavy (non-hydrogen) atoms. The zero-order valence-electron chi connectivity index (χ0n) is 12.8. The summed E-state index contributed by atoms with van der Waals surface area (Å²) in [6, 6.07) is 13.4. The van der Waals surface area contributed by atoms with Gasteiger partial charge in [-0.05, 0) is 29.8 Å². The Hall–Kier alpha value is -2.80. The normalized spacial score (nSPS) is 13.0. The van der Waals surface area contributed by atoms with E-state index < -0.39 is 17.1 Å². The van der Waals surface area contributed by atoms with Crippen LogP contribution in [0.2, 0.25) is 0 Å². The van der Waals surface area contributed by atoms with Crippen LogP contribution in [0.3, 0.4) is 0 Å². The first-order chi connectivity index (χ1) is 11.5. The van der Waals surface area contributed by atoms with Gasteiger partial charge < -0.3 is 4.74 Å². The van der Waals surface area contributed by atoms with E-state index in [0.29, 0.717) is 5.75 Å². The highest BCUT2D eigenvalue weighted by Gasteiger charge is 2.40. The molecular weight excluding hydrogens is 328 g/mol. The van der Waals surface area contributed by atoms with Gasteiger partial charge in [-0.2, -0.15) is 5.01 Å². The van der Waals surface area contributed by atoms with Crippen molar-refractivity contribution in [2.75, 3.05) is 7.11 Å². The van der Waals surface area contributed by atoms with Crippen molar-refractivity contribution in [3.63, 3.8) is 0 Å². The SMILES string of the molecule is COc1ccc(CN(C(=O)S)N2C(=O)c3ccccc3C2=O)cc1. The van der Waals surface area contributed by atoms with Crippen molar-refractivity contribution in [3.05, 3.63) is 65.2 Å². The molecule has 2 aromatic carbocycles. The number of benzene rings is 2. The minimum absolute atomic E-state index is 0.0395. The second-order valence-electron chi connectivity index (χ2n) is 5.16. The zero-order chi connectivity index (χ0) is 17.3. The molecule has 6 nitrogen and oxygen atoms in total. The molecule has 0 saturated carbocycles. The predicted molar refractivity (Wildman–Crippen MR) is 89.9 cm³/mol. The lowest BCUT2D eigenvalue weighted by molar-refractivity contribution is 0.0205. The predicted octanol–water partition coefficient (Wildman–Crippen LogP) is 2.76. The monoisotopic (exact) mass is 342 g/mol. The molecule has 1 aliphatic heterocycles. The summed E-state index contributed by atoms with van der Waals surface area (Å²) in [6.45, 7) is 0.0395. The Morgan fingerprint density at radius 3 is 2.04 bits per heavy atom. The van der Waals surface area contributed by atoms with Crippen LogP contribution in [-0.4, -0.2) is 34.2 Å². The lowest BCUT2D eigenvalue weighted by Crippen LogP contribution is -2.47. The van der Waals surface area contributed by atoms with Gasteiger partial charge in [-0.1, -0.05) is 36.9 Å². The Kier molecular flexibility index (Phi) is 4.26. The minimum atomic E-state index is -0.694. The first-order valence-corrected chi connectivity index (χ1v) is 7.58. The van der Waals surface area contributed by atoms with E-state index in [4.69, 9.17) is 4.74 Å². The maximum Gasteiger partial charge on any atom is 0.297 e. The van der Waals surface area contributed by atoms with Crippen LogP contribution < -0.4 is 4.74 Å². The Balaban J connectivity index is 1.90. The number of amides is 3. The molecule has 3 amide bonds. The molecular formula is C17H14N2O4S. The number of nitrogens with zero attached hydrogens (tertiary/aromatic N) is 2. The van der Waals surface area contributed by atoms with Crippen LogP contribution in [0.5, 0.6) is 5.75 Å². The standard InChI is InChI=1S/C17H14N2O4S/c1-23-12-8-6-11(7-9-12)10-18(17(22)24)19-15(20)13-4-2-3-5-14(13)16(19)21/h2-9H,10H2,1H3,(H,22,24). The average Bonchev–Trinajstić information content (AvgIpc) is 2.85. The second-order valence-corrected chi connectivity index (χ2v) is 5.54. The van der Waals surface area contributed by atoms with Crippen molar-refractivity contribution in [1.82, 2.24) is 10.0 Å². The van der Waals surface area contributed by atoms with Gasteiger partial charge in [0.15, 0.2) is 0 Å². The molecule has 0 fully saturated rings. The fourth-order valence-corrected chi connectivity index (χ4v) is 2.68. The number of ether oxygens (including phenoxy) is 1.